The van der Waals surface area contributed by atoms with Gasteiger partial charge < -0.3 is 28.4 Å². The van der Waals surface area contributed by atoms with Crippen LogP contribution in [0.2, 0.25) is 0 Å². The fraction of sp³-hybridized carbons (Fsp3) is 0.639. The van der Waals surface area contributed by atoms with Gasteiger partial charge in [-0.15, -0.1) is 6.58 Å². The predicted octanol–water partition coefficient (Wildman–Crippen LogP) is 5.82. The molecule has 1 aliphatic heterocycles. The highest BCUT2D eigenvalue weighted by atomic mass is 16.7. The molecule has 4 saturated carbocycles. The molecule has 9 nitrogen and oxygen atoms in total. The van der Waals surface area contributed by atoms with Gasteiger partial charge in [-0.3, -0.25) is 9.59 Å². The first-order valence-electron chi connectivity index (χ1n) is 16.1. The summed E-state index contributed by atoms with van der Waals surface area (Å²) in [5, 5.41) is 0. The van der Waals surface area contributed by atoms with Crippen molar-refractivity contribution in [1.82, 2.24) is 0 Å². The van der Waals surface area contributed by atoms with Gasteiger partial charge in [-0.05, 0) is 76.8 Å². The summed E-state index contributed by atoms with van der Waals surface area (Å²) in [6.07, 6.45) is 4.99. The Morgan fingerprint density at radius 2 is 1.89 bits per heavy atom. The second kappa shape index (κ2) is 13.1. The van der Waals surface area contributed by atoms with E-state index in [9.17, 15) is 9.59 Å². The maximum atomic E-state index is 15.7. The van der Waals surface area contributed by atoms with Gasteiger partial charge in [0.1, 0.15) is 6.79 Å². The van der Waals surface area contributed by atoms with Crippen molar-refractivity contribution < 1.29 is 42.8 Å². The summed E-state index contributed by atoms with van der Waals surface area (Å²) in [6, 6.07) is 8.89. The van der Waals surface area contributed by atoms with E-state index in [-0.39, 0.29) is 56.3 Å². The molecule has 5 aliphatic rings. The molecule has 9 heteroatoms. The van der Waals surface area contributed by atoms with Crippen molar-refractivity contribution in [2.75, 3.05) is 33.7 Å². The van der Waals surface area contributed by atoms with Crippen LogP contribution in [0.25, 0.3) is 0 Å². The van der Waals surface area contributed by atoms with E-state index in [4.69, 9.17) is 28.4 Å². The predicted molar refractivity (Wildman–Crippen MR) is 166 cm³/mol. The zero-order valence-electron chi connectivity index (χ0n) is 27.1. The van der Waals surface area contributed by atoms with Gasteiger partial charge in [-0.25, -0.2) is 4.79 Å². The van der Waals surface area contributed by atoms with E-state index in [1.54, 1.807) is 31.4 Å². The van der Waals surface area contributed by atoms with E-state index < -0.39 is 34.1 Å². The normalized spacial score (nSPS) is 35.1. The molecule has 4 aliphatic carbocycles. The van der Waals surface area contributed by atoms with Crippen molar-refractivity contribution in [2.24, 2.45) is 28.1 Å². The van der Waals surface area contributed by atoms with E-state index in [0.29, 0.717) is 50.5 Å². The summed E-state index contributed by atoms with van der Waals surface area (Å²) in [5.41, 5.74) is -1.47. The molecule has 0 unspecified atom stereocenters. The number of carbonyl (C=O) groups is 3. The molecule has 0 amide bonds. The number of carbonyl (C=O) groups excluding carboxylic acids is 3. The highest BCUT2D eigenvalue weighted by Gasteiger charge is 2.79. The molecule has 1 spiro atoms. The standard InChI is InChI=1S/C36H48O9/c1-7-12-27-30-34(21-44-33(4,5)45-30)18-19-35(27,22-42-31(38)26-13-9-8-10-14-26)36(32(34)39,17-11-20-41-25(3)37)29-24(2)15-16-28(29)43-23-40-6/h7-10,13-14,27-30H,1-2,11-12,15-23H2,3-6H3/t27-,28-,29-,30-,34+,35-,36+/m1/s1. The van der Waals surface area contributed by atoms with Crippen LogP contribution < -0.4 is 0 Å². The minimum atomic E-state index is -1.08. The first-order chi connectivity index (χ1) is 21.5. The molecule has 2 bridgehead atoms. The lowest BCUT2D eigenvalue weighted by atomic mass is 9.33. The van der Waals surface area contributed by atoms with Crippen LogP contribution in [0.15, 0.2) is 55.1 Å². The first-order valence-corrected chi connectivity index (χ1v) is 16.1. The van der Waals surface area contributed by atoms with Gasteiger partial charge in [0.25, 0.3) is 0 Å². The monoisotopic (exact) mass is 624 g/mol. The molecule has 1 aromatic rings. The van der Waals surface area contributed by atoms with Gasteiger partial charge in [0.15, 0.2) is 11.6 Å². The lowest BCUT2D eigenvalue weighted by molar-refractivity contribution is -0.364. The van der Waals surface area contributed by atoms with Gasteiger partial charge in [-0.1, -0.05) is 36.4 Å². The highest BCUT2D eigenvalue weighted by Crippen LogP contribution is 2.74. The van der Waals surface area contributed by atoms with Crippen molar-refractivity contribution in [2.45, 2.75) is 83.7 Å². The van der Waals surface area contributed by atoms with E-state index in [1.807, 2.05) is 26.0 Å². The Labute approximate surface area is 266 Å². The lowest BCUT2D eigenvalue weighted by Gasteiger charge is -2.72. The third-order valence-electron chi connectivity index (χ3n) is 10.9. The fourth-order valence-corrected chi connectivity index (χ4v) is 9.11. The van der Waals surface area contributed by atoms with Crippen molar-refractivity contribution in [1.29, 1.82) is 0 Å². The second-order valence-corrected chi connectivity index (χ2v) is 13.6. The number of fused-ring (bicyclic) bond motifs is 2. The molecular formula is C36H48O9. The average molecular weight is 625 g/mol. The fourth-order valence-electron chi connectivity index (χ4n) is 9.11. The Bertz CT molecular complexity index is 1290. The molecule has 5 fully saturated rings. The second-order valence-electron chi connectivity index (χ2n) is 13.6. The summed E-state index contributed by atoms with van der Waals surface area (Å²) in [6.45, 7) is 14.2. The number of Topliss-reactive ketones (excluding diaryl/α,β-unsaturated/α-hetero) is 1. The van der Waals surface area contributed by atoms with Crippen LogP contribution in [0.1, 0.15) is 76.1 Å². The largest absolute Gasteiger partial charge is 0.466 e. The summed E-state index contributed by atoms with van der Waals surface area (Å²) in [5.74, 6) is -2.28. The molecule has 6 rings (SSSR count). The number of methoxy groups -OCH3 is 1. The molecule has 1 heterocycles. The number of hydrogen-bond donors (Lipinski definition) is 0. The van der Waals surface area contributed by atoms with Crippen molar-refractivity contribution in [3.05, 3.63) is 60.7 Å². The minimum Gasteiger partial charge on any atom is -0.466 e. The van der Waals surface area contributed by atoms with E-state index in [0.717, 1.165) is 5.57 Å². The first kappa shape index (κ1) is 33.5. The van der Waals surface area contributed by atoms with Gasteiger partial charge in [-0.2, -0.15) is 0 Å². The molecular weight excluding hydrogens is 576 g/mol. The number of ether oxygens (including phenoxy) is 6. The smallest absolute Gasteiger partial charge is 0.338 e. The zero-order chi connectivity index (χ0) is 32.5. The lowest BCUT2D eigenvalue weighted by Crippen LogP contribution is -2.78. The Kier molecular flexibility index (Phi) is 9.76. The topological polar surface area (TPSA) is 107 Å². The number of rotatable bonds is 13. The summed E-state index contributed by atoms with van der Waals surface area (Å²) in [7, 11) is 1.58. The summed E-state index contributed by atoms with van der Waals surface area (Å²) < 4.78 is 36.3. The number of allylic oxidation sites excluding steroid dienone is 1. The molecule has 1 aromatic carbocycles. The number of benzene rings is 1. The average Bonchev–Trinajstić information content (AvgIpc) is 3.39. The van der Waals surface area contributed by atoms with Crippen LogP contribution in [-0.2, 0) is 38.0 Å². The molecule has 7 atom stereocenters. The highest BCUT2D eigenvalue weighted by molar-refractivity contribution is 5.95. The van der Waals surface area contributed by atoms with Gasteiger partial charge in [0.05, 0.1) is 43.0 Å². The molecule has 1 saturated heterocycles. The van der Waals surface area contributed by atoms with Crippen molar-refractivity contribution in [3.8, 4) is 0 Å². The molecule has 0 aromatic heterocycles. The Hall–Kier alpha value is -2.85. The summed E-state index contributed by atoms with van der Waals surface area (Å²) in [4.78, 5) is 41.0. The molecule has 0 N–H and O–H groups in total. The number of esters is 2. The SMILES string of the molecule is C=CC[C@@H]1[C@H]2OC(C)(C)OC[C@@]23CC[C@]1(COC(=O)c1ccccc1)[C@@](CCCOC(C)=O)([C@@H]1C(=C)CC[C@H]1OCOC)C3=O. The van der Waals surface area contributed by atoms with Crippen molar-refractivity contribution in [3.63, 3.8) is 0 Å². The van der Waals surface area contributed by atoms with Crippen LogP contribution >= 0.6 is 0 Å². The minimum absolute atomic E-state index is 0.0105. The third-order valence-corrected chi connectivity index (χ3v) is 10.9. The van der Waals surface area contributed by atoms with Gasteiger partial charge >= 0.3 is 11.9 Å². The van der Waals surface area contributed by atoms with Crippen LogP contribution in [0, 0.1) is 28.1 Å². The number of ketones is 1. The molecule has 0 radical (unpaired) electrons. The maximum Gasteiger partial charge on any atom is 0.338 e. The summed E-state index contributed by atoms with van der Waals surface area (Å²) >= 11 is 0. The van der Waals surface area contributed by atoms with Gasteiger partial charge in [0.2, 0.25) is 0 Å². The Morgan fingerprint density at radius 1 is 1.13 bits per heavy atom. The number of hydrogen-bond acceptors (Lipinski definition) is 9. The Morgan fingerprint density at radius 3 is 2.58 bits per heavy atom. The quantitative estimate of drug-likeness (QED) is 0.116. The van der Waals surface area contributed by atoms with Crippen molar-refractivity contribution >= 4 is 17.7 Å². The van der Waals surface area contributed by atoms with Crippen LogP contribution in [0.5, 0.6) is 0 Å². The van der Waals surface area contributed by atoms with E-state index in [1.165, 1.54) is 6.92 Å². The van der Waals surface area contributed by atoms with Crippen LogP contribution in [0.4, 0.5) is 0 Å². The van der Waals surface area contributed by atoms with Crippen LogP contribution in [0.3, 0.4) is 0 Å². The van der Waals surface area contributed by atoms with E-state index in [2.05, 4.69) is 13.2 Å². The molecule has 246 valence electrons. The van der Waals surface area contributed by atoms with Gasteiger partial charge in [0, 0.05) is 30.8 Å². The zero-order valence-corrected chi connectivity index (χ0v) is 27.1. The maximum absolute atomic E-state index is 15.7. The molecule has 45 heavy (non-hydrogen) atoms. The van der Waals surface area contributed by atoms with Crippen LogP contribution in [-0.4, -0.2) is 69.4 Å². The van der Waals surface area contributed by atoms with E-state index >= 15 is 4.79 Å². The Balaban J connectivity index is 1.69. The third kappa shape index (κ3) is 5.70.